The molecule has 2 heterocycles. The molecular weight excluding hydrogens is 478 g/mol. The summed E-state index contributed by atoms with van der Waals surface area (Å²) >= 11 is 0. The second-order valence-electron chi connectivity index (χ2n) is 9.86. The van der Waals surface area contributed by atoms with Crippen LogP contribution in [-0.4, -0.2) is 61.0 Å². The number of rotatable bonds is 8. The van der Waals surface area contributed by atoms with Gasteiger partial charge in [-0.05, 0) is 20.8 Å². The summed E-state index contributed by atoms with van der Waals surface area (Å²) in [6.07, 6.45) is -0.441. The standard InChI is InChI=1S/C26H33N3O6Si/c1-25(2,3)34-17-20-22(31)23(28-33-4)26(35-20,29-16-15-21(30)27-24(29)32)36(18-11-7-5-8-12-18)19-13-9-6-10-14-19/h5-16,20,22-23,28,31,36H,17H2,1-4H3,(H,27,30,32)/t20-,22-,23-,26+/m1/s1. The van der Waals surface area contributed by atoms with Crippen LogP contribution in [0.3, 0.4) is 0 Å². The SMILES string of the molecule is CON[C@@H]1[C@H](O)[C@@H](COC(C)(C)C)O[C@]1(n1ccc(=O)[nH]c1=O)[SiH](c1ccccc1)c1ccccc1. The van der Waals surface area contributed by atoms with Crippen molar-refractivity contribution in [1.29, 1.82) is 0 Å². The summed E-state index contributed by atoms with van der Waals surface area (Å²) in [7, 11) is -1.13. The van der Waals surface area contributed by atoms with Crippen LogP contribution < -0.4 is 27.1 Å². The topological polar surface area (TPSA) is 115 Å². The minimum Gasteiger partial charge on any atom is -0.388 e. The number of hydroxylamine groups is 1. The molecule has 0 bridgehead atoms. The monoisotopic (exact) mass is 511 g/mol. The van der Waals surface area contributed by atoms with Crippen molar-refractivity contribution in [2.45, 2.75) is 50.0 Å². The molecule has 10 heteroatoms. The highest BCUT2D eigenvalue weighted by Gasteiger charge is 2.62. The summed E-state index contributed by atoms with van der Waals surface area (Å²) in [5.74, 6) is 0. The minimum atomic E-state index is -2.58. The number of hydrogen-bond acceptors (Lipinski definition) is 7. The zero-order valence-corrected chi connectivity index (χ0v) is 22.0. The van der Waals surface area contributed by atoms with Gasteiger partial charge >= 0.3 is 5.69 Å². The number of aliphatic hydroxyl groups excluding tert-OH is 1. The number of aliphatic hydroxyl groups is 1. The lowest BCUT2D eigenvalue weighted by Crippen LogP contribution is -2.71. The van der Waals surface area contributed by atoms with E-state index in [1.807, 2.05) is 81.4 Å². The van der Waals surface area contributed by atoms with E-state index in [4.69, 9.17) is 14.3 Å². The molecule has 4 rings (SSSR count). The lowest BCUT2D eigenvalue weighted by molar-refractivity contribution is -0.117. The highest BCUT2D eigenvalue weighted by Crippen LogP contribution is 2.38. The average molecular weight is 512 g/mol. The van der Waals surface area contributed by atoms with E-state index < -0.39 is 49.2 Å². The molecule has 0 amide bonds. The molecule has 36 heavy (non-hydrogen) atoms. The van der Waals surface area contributed by atoms with Gasteiger partial charge in [-0.25, -0.2) is 4.79 Å². The highest BCUT2D eigenvalue weighted by molar-refractivity contribution is 6.86. The van der Waals surface area contributed by atoms with Crippen LogP contribution in [0.2, 0.25) is 0 Å². The molecule has 0 spiro atoms. The lowest BCUT2D eigenvalue weighted by Gasteiger charge is -2.42. The second-order valence-corrected chi connectivity index (χ2v) is 12.9. The van der Waals surface area contributed by atoms with E-state index >= 15 is 0 Å². The van der Waals surface area contributed by atoms with Crippen LogP contribution in [-0.2, 0) is 19.7 Å². The first-order valence-electron chi connectivity index (χ1n) is 11.9. The Kier molecular flexibility index (Phi) is 7.74. The Balaban J connectivity index is 2.00. The van der Waals surface area contributed by atoms with Gasteiger partial charge < -0.3 is 19.4 Å². The lowest BCUT2D eigenvalue weighted by atomic mass is 10.1. The maximum Gasteiger partial charge on any atom is 0.330 e. The van der Waals surface area contributed by atoms with Crippen molar-refractivity contribution in [3.05, 3.63) is 93.8 Å². The van der Waals surface area contributed by atoms with Crippen LogP contribution in [0.15, 0.2) is 82.5 Å². The number of nitrogens with one attached hydrogen (secondary N) is 2. The van der Waals surface area contributed by atoms with Crippen molar-refractivity contribution >= 4 is 19.2 Å². The smallest absolute Gasteiger partial charge is 0.330 e. The number of aromatic nitrogens is 2. The summed E-state index contributed by atoms with van der Waals surface area (Å²) in [6, 6.07) is 20.0. The predicted octanol–water partition coefficient (Wildman–Crippen LogP) is -0.135. The van der Waals surface area contributed by atoms with Crippen molar-refractivity contribution in [2.75, 3.05) is 13.7 Å². The molecule has 0 saturated carbocycles. The number of hydrogen-bond donors (Lipinski definition) is 3. The molecule has 4 atom stereocenters. The van der Waals surface area contributed by atoms with Crippen molar-refractivity contribution in [3.63, 3.8) is 0 Å². The van der Waals surface area contributed by atoms with E-state index in [2.05, 4.69) is 10.5 Å². The van der Waals surface area contributed by atoms with Gasteiger partial charge in [0, 0.05) is 12.3 Å². The Hall–Kier alpha value is -2.86. The average Bonchev–Trinajstić information content (AvgIpc) is 3.11. The van der Waals surface area contributed by atoms with Gasteiger partial charge in [0.15, 0.2) is 14.1 Å². The van der Waals surface area contributed by atoms with E-state index in [0.717, 1.165) is 10.4 Å². The Morgan fingerprint density at radius 1 is 1.06 bits per heavy atom. The first-order chi connectivity index (χ1) is 17.2. The molecule has 0 aliphatic carbocycles. The van der Waals surface area contributed by atoms with Crippen molar-refractivity contribution in [1.82, 2.24) is 15.0 Å². The van der Waals surface area contributed by atoms with Crippen LogP contribution >= 0.6 is 0 Å². The molecule has 2 aromatic carbocycles. The largest absolute Gasteiger partial charge is 0.388 e. The van der Waals surface area contributed by atoms with E-state index in [1.54, 1.807) is 0 Å². The van der Waals surface area contributed by atoms with Gasteiger partial charge in [0.05, 0.1) is 19.3 Å². The number of aromatic amines is 1. The van der Waals surface area contributed by atoms with Crippen LogP contribution in [0.5, 0.6) is 0 Å². The highest BCUT2D eigenvalue weighted by atomic mass is 28.3. The van der Waals surface area contributed by atoms with Gasteiger partial charge in [-0.1, -0.05) is 71.0 Å². The van der Waals surface area contributed by atoms with Crippen molar-refractivity contribution in [3.8, 4) is 0 Å². The molecule has 3 aromatic rings. The Morgan fingerprint density at radius 3 is 2.14 bits per heavy atom. The molecule has 1 saturated heterocycles. The Labute approximate surface area is 211 Å². The quantitative estimate of drug-likeness (QED) is 0.285. The summed E-state index contributed by atoms with van der Waals surface area (Å²) in [5, 5.41) is 12.1. The summed E-state index contributed by atoms with van der Waals surface area (Å²) in [4.78, 5) is 33.1. The number of benzene rings is 2. The van der Waals surface area contributed by atoms with Crippen LogP contribution in [0.1, 0.15) is 20.8 Å². The maximum atomic E-state index is 13.3. The zero-order valence-electron chi connectivity index (χ0n) is 20.9. The fraction of sp³-hybridized carbons (Fsp3) is 0.385. The Bertz CT molecular complexity index is 1220. The fourth-order valence-corrected chi connectivity index (χ4v) is 8.81. The molecule has 1 aromatic heterocycles. The molecule has 1 fully saturated rings. The van der Waals surface area contributed by atoms with E-state index in [0.29, 0.717) is 0 Å². The van der Waals surface area contributed by atoms with Crippen molar-refractivity contribution in [2.24, 2.45) is 0 Å². The van der Waals surface area contributed by atoms with Crippen LogP contribution in [0.4, 0.5) is 0 Å². The molecule has 0 radical (unpaired) electrons. The summed E-state index contributed by atoms with van der Waals surface area (Å²) < 4.78 is 14.2. The van der Waals surface area contributed by atoms with Gasteiger partial charge in [-0.15, -0.1) is 0 Å². The van der Waals surface area contributed by atoms with E-state index in [9.17, 15) is 14.7 Å². The van der Waals surface area contributed by atoms with E-state index in [-0.39, 0.29) is 6.61 Å². The molecular formula is C26H33N3O6Si. The van der Waals surface area contributed by atoms with Crippen LogP contribution in [0.25, 0.3) is 0 Å². The first kappa shape index (κ1) is 26.2. The predicted molar refractivity (Wildman–Crippen MR) is 139 cm³/mol. The van der Waals surface area contributed by atoms with Gasteiger partial charge in [0.25, 0.3) is 5.56 Å². The van der Waals surface area contributed by atoms with Gasteiger partial charge in [-0.3, -0.25) is 14.3 Å². The summed E-state index contributed by atoms with van der Waals surface area (Å²) in [6.45, 7) is 5.86. The van der Waals surface area contributed by atoms with Gasteiger partial charge in [0.2, 0.25) is 0 Å². The first-order valence-corrected chi connectivity index (χ1v) is 13.6. The molecule has 1 aliphatic heterocycles. The normalized spacial score (nSPS) is 24.3. The van der Waals surface area contributed by atoms with E-state index in [1.165, 1.54) is 23.9 Å². The molecule has 9 nitrogen and oxygen atoms in total. The van der Waals surface area contributed by atoms with Crippen molar-refractivity contribution < 1.29 is 19.4 Å². The number of H-pyrrole nitrogens is 1. The summed E-state index contributed by atoms with van der Waals surface area (Å²) in [5.41, 5.74) is 1.29. The Morgan fingerprint density at radius 2 is 1.64 bits per heavy atom. The second kappa shape index (κ2) is 10.6. The molecule has 1 aliphatic rings. The molecule has 3 N–H and O–H groups in total. The maximum absolute atomic E-state index is 13.3. The minimum absolute atomic E-state index is 0.0944. The van der Waals surface area contributed by atoms with Gasteiger partial charge in [0.1, 0.15) is 18.2 Å². The van der Waals surface area contributed by atoms with Gasteiger partial charge in [-0.2, -0.15) is 5.48 Å². The third kappa shape index (κ3) is 5.15. The molecule has 0 unspecified atom stereocenters. The molecule has 192 valence electrons. The zero-order chi connectivity index (χ0) is 25.9. The van der Waals surface area contributed by atoms with Crippen LogP contribution in [0, 0.1) is 0 Å². The fourth-order valence-electron chi connectivity index (χ4n) is 4.84. The number of nitrogens with zero attached hydrogens (tertiary/aromatic N) is 1. The third-order valence-electron chi connectivity index (χ3n) is 6.31. The third-order valence-corrected chi connectivity index (χ3v) is 10.0. The number of ether oxygens (including phenoxy) is 2.